The van der Waals surface area contributed by atoms with Crippen molar-refractivity contribution < 1.29 is 0 Å². The molecule has 0 aliphatic heterocycles. The summed E-state index contributed by atoms with van der Waals surface area (Å²) < 4.78 is 0. The first-order valence-electron chi connectivity index (χ1n) is 4.86. The van der Waals surface area contributed by atoms with Gasteiger partial charge in [-0.15, -0.1) is 10.2 Å². The van der Waals surface area contributed by atoms with Crippen LogP contribution < -0.4 is 5.32 Å². The van der Waals surface area contributed by atoms with Crippen molar-refractivity contribution in [1.82, 2.24) is 10.2 Å². The fourth-order valence-corrected chi connectivity index (χ4v) is 2.45. The minimum atomic E-state index is 0.837. The zero-order valence-electron chi connectivity index (χ0n) is 7.86. The molecule has 1 aromatic rings. The van der Waals surface area contributed by atoms with Crippen LogP contribution in [0.3, 0.4) is 0 Å². The Labute approximate surface area is 82.6 Å². The van der Waals surface area contributed by atoms with Crippen molar-refractivity contribution in [1.29, 1.82) is 0 Å². The molecule has 1 heterocycles. The van der Waals surface area contributed by atoms with Crippen molar-refractivity contribution in [2.24, 2.45) is 11.8 Å². The summed E-state index contributed by atoms with van der Waals surface area (Å²) in [4.78, 5) is 0. The fourth-order valence-electron chi connectivity index (χ4n) is 1.99. The second kappa shape index (κ2) is 4.05. The van der Waals surface area contributed by atoms with E-state index in [4.69, 9.17) is 0 Å². The van der Waals surface area contributed by atoms with Crippen LogP contribution in [-0.4, -0.2) is 16.7 Å². The van der Waals surface area contributed by atoms with E-state index in [9.17, 15) is 0 Å². The molecule has 1 fully saturated rings. The lowest BCUT2D eigenvalue weighted by molar-refractivity contribution is 0.439. The Morgan fingerprint density at radius 2 is 2.54 bits per heavy atom. The maximum Gasteiger partial charge on any atom is 0.205 e. The predicted molar refractivity (Wildman–Crippen MR) is 54.9 cm³/mol. The van der Waals surface area contributed by atoms with Crippen LogP contribution in [0.25, 0.3) is 0 Å². The van der Waals surface area contributed by atoms with Gasteiger partial charge >= 0.3 is 0 Å². The lowest BCUT2D eigenvalue weighted by Crippen LogP contribution is -2.16. The number of hydrogen-bond donors (Lipinski definition) is 1. The minimum Gasteiger partial charge on any atom is -0.360 e. The van der Waals surface area contributed by atoms with E-state index in [2.05, 4.69) is 22.4 Å². The number of nitrogens with one attached hydrogen (secondary N) is 1. The second-order valence-electron chi connectivity index (χ2n) is 3.79. The SMILES string of the molecule is CC1CCCC1CNc1nncs1. The van der Waals surface area contributed by atoms with E-state index in [1.807, 2.05) is 0 Å². The van der Waals surface area contributed by atoms with E-state index in [0.717, 1.165) is 23.5 Å². The quantitative estimate of drug-likeness (QED) is 0.808. The summed E-state index contributed by atoms with van der Waals surface area (Å²) in [6.07, 6.45) is 4.15. The van der Waals surface area contributed by atoms with Crippen LogP contribution in [0.5, 0.6) is 0 Å². The van der Waals surface area contributed by atoms with Crippen molar-refractivity contribution in [3.05, 3.63) is 5.51 Å². The van der Waals surface area contributed by atoms with Crippen LogP contribution in [-0.2, 0) is 0 Å². The van der Waals surface area contributed by atoms with Gasteiger partial charge in [-0.25, -0.2) is 0 Å². The third-order valence-corrected chi connectivity index (χ3v) is 3.56. The van der Waals surface area contributed by atoms with Crippen molar-refractivity contribution in [3.63, 3.8) is 0 Å². The Morgan fingerprint density at radius 3 is 3.15 bits per heavy atom. The van der Waals surface area contributed by atoms with E-state index in [-0.39, 0.29) is 0 Å². The number of hydrogen-bond acceptors (Lipinski definition) is 4. The number of rotatable bonds is 3. The van der Waals surface area contributed by atoms with E-state index in [1.54, 1.807) is 16.8 Å². The van der Waals surface area contributed by atoms with Gasteiger partial charge in [0.05, 0.1) is 0 Å². The Hall–Kier alpha value is -0.640. The molecule has 1 aliphatic carbocycles. The third kappa shape index (κ3) is 2.18. The monoisotopic (exact) mass is 197 g/mol. The molecule has 0 aromatic carbocycles. The second-order valence-corrected chi connectivity index (χ2v) is 4.63. The summed E-state index contributed by atoms with van der Waals surface area (Å²) in [6, 6.07) is 0. The summed E-state index contributed by atoms with van der Waals surface area (Å²) in [5.74, 6) is 1.71. The molecular weight excluding hydrogens is 182 g/mol. The van der Waals surface area contributed by atoms with Gasteiger partial charge < -0.3 is 5.32 Å². The van der Waals surface area contributed by atoms with Gasteiger partial charge in [-0.1, -0.05) is 31.1 Å². The molecule has 2 atom stereocenters. The van der Waals surface area contributed by atoms with Crippen molar-refractivity contribution in [3.8, 4) is 0 Å². The lowest BCUT2D eigenvalue weighted by atomic mass is 9.98. The van der Waals surface area contributed by atoms with Gasteiger partial charge in [0.2, 0.25) is 5.13 Å². The van der Waals surface area contributed by atoms with E-state index < -0.39 is 0 Å². The Balaban J connectivity index is 1.79. The van der Waals surface area contributed by atoms with Crippen LogP contribution in [0.1, 0.15) is 26.2 Å². The van der Waals surface area contributed by atoms with Crippen molar-refractivity contribution >= 4 is 16.5 Å². The summed E-state index contributed by atoms with van der Waals surface area (Å²) >= 11 is 1.57. The van der Waals surface area contributed by atoms with Gasteiger partial charge in [0.25, 0.3) is 0 Å². The third-order valence-electron chi connectivity index (χ3n) is 2.91. The molecule has 3 nitrogen and oxygen atoms in total. The van der Waals surface area contributed by atoms with Gasteiger partial charge in [0.1, 0.15) is 5.51 Å². The molecule has 1 aliphatic rings. The number of aromatic nitrogens is 2. The molecule has 1 saturated carbocycles. The van der Waals surface area contributed by atoms with E-state index in [0.29, 0.717) is 0 Å². The number of anilines is 1. The molecule has 13 heavy (non-hydrogen) atoms. The van der Waals surface area contributed by atoms with Gasteiger partial charge in [0, 0.05) is 6.54 Å². The van der Waals surface area contributed by atoms with Crippen LogP contribution in [0.2, 0.25) is 0 Å². The molecule has 0 bridgehead atoms. The fraction of sp³-hybridized carbons (Fsp3) is 0.778. The molecule has 2 unspecified atom stereocenters. The van der Waals surface area contributed by atoms with Crippen molar-refractivity contribution in [2.75, 3.05) is 11.9 Å². The van der Waals surface area contributed by atoms with Gasteiger partial charge in [-0.3, -0.25) is 0 Å². The normalized spacial score (nSPS) is 27.8. The highest BCUT2D eigenvalue weighted by Gasteiger charge is 2.22. The highest BCUT2D eigenvalue weighted by molar-refractivity contribution is 7.13. The molecule has 0 spiro atoms. The zero-order valence-corrected chi connectivity index (χ0v) is 8.68. The summed E-state index contributed by atoms with van der Waals surface area (Å²) in [6.45, 7) is 3.41. The van der Waals surface area contributed by atoms with Crippen LogP contribution in [0.4, 0.5) is 5.13 Å². The van der Waals surface area contributed by atoms with Gasteiger partial charge in [-0.05, 0) is 18.3 Å². The smallest absolute Gasteiger partial charge is 0.205 e. The average Bonchev–Trinajstić information content (AvgIpc) is 2.72. The van der Waals surface area contributed by atoms with Gasteiger partial charge in [0.15, 0.2) is 0 Å². The highest BCUT2D eigenvalue weighted by atomic mass is 32.1. The first-order chi connectivity index (χ1) is 6.36. The average molecular weight is 197 g/mol. The summed E-state index contributed by atoms with van der Waals surface area (Å²) in [5, 5.41) is 12.1. The van der Waals surface area contributed by atoms with E-state index >= 15 is 0 Å². The maximum atomic E-state index is 3.96. The molecule has 0 radical (unpaired) electrons. The standard InChI is InChI=1S/C9H15N3S/c1-7-3-2-4-8(7)5-10-9-12-11-6-13-9/h6-8H,2-5H2,1H3,(H,10,12). The van der Waals surface area contributed by atoms with Crippen molar-refractivity contribution in [2.45, 2.75) is 26.2 Å². The Bertz CT molecular complexity index is 247. The molecule has 4 heteroatoms. The number of nitrogens with zero attached hydrogens (tertiary/aromatic N) is 2. The minimum absolute atomic E-state index is 0.837. The Morgan fingerprint density at radius 1 is 1.62 bits per heavy atom. The topological polar surface area (TPSA) is 37.8 Å². The molecule has 1 aromatic heterocycles. The first-order valence-corrected chi connectivity index (χ1v) is 5.74. The van der Waals surface area contributed by atoms with Crippen LogP contribution in [0.15, 0.2) is 5.51 Å². The zero-order chi connectivity index (χ0) is 9.10. The van der Waals surface area contributed by atoms with Gasteiger partial charge in [-0.2, -0.15) is 0 Å². The lowest BCUT2D eigenvalue weighted by Gasteiger charge is -2.14. The predicted octanol–water partition coefficient (Wildman–Crippen LogP) is 2.39. The summed E-state index contributed by atoms with van der Waals surface area (Å²) in [5.41, 5.74) is 1.76. The summed E-state index contributed by atoms with van der Waals surface area (Å²) in [7, 11) is 0. The largest absolute Gasteiger partial charge is 0.360 e. The maximum absolute atomic E-state index is 3.96. The molecule has 0 amide bonds. The molecule has 72 valence electrons. The molecule has 0 saturated heterocycles. The van der Waals surface area contributed by atoms with Crippen LogP contribution in [0, 0.1) is 11.8 Å². The van der Waals surface area contributed by atoms with E-state index in [1.165, 1.54) is 19.3 Å². The van der Waals surface area contributed by atoms with Crippen LogP contribution >= 0.6 is 11.3 Å². The molecule has 2 rings (SSSR count). The highest BCUT2D eigenvalue weighted by Crippen LogP contribution is 2.31. The molecule has 1 N–H and O–H groups in total. The molecular formula is C9H15N3S. The first kappa shape index (κ1) is 8.94. The Kier molecular flexibility index (Phi) is 2.78.